The van der Waals surface area contributed by atoms with E-state index in [4.69, 9.17) is 21.1 Å². The number of piperidine rings is 1. The predicted octanol–water partition coefficient (Wildman–Crippen LogP) is 4.20. The van der Waals surface area contributed by atoms with Crippen LogP contribution in [-0.2, 0) is 9.53 Å². The number of Topliss-reactive ketones (excluding diaryl/α,β-unsaturated/α-hetero) is 2. The van der Waals surface area contributed by atoms with Gasteiger partial charge in [-0.2, -0.15) is 0 Å². The van der Waals surface area contributed by atoms with E-state index in [1.807, 2.05) is 24.3 Å². The van der Waals surface area contributed by atoms with Gasteiger partial charge in [0.1, 0.15) is 22.0 Å². The van der Waals surface area contributed by atoms with Crippen LogP contribution in [0.15, 0.2) is 53.4 Å². The Morgan fingerprint density at radius 2 is 1.76 bits per heavy atom. The maximum Gasteiger partial charge on any atom is 0.243 e. The monoisotopic (exact) mass is 499 g/mol. The number of likely N-dealkylation sites (tertiary alicyclic amines) is 1. The Hall–Kier alpha value is -2.32. The fraction of sp³-hybridized carbons (Fsp3) is 0.385. The number of carbonyl (C=O) groups excluding carboxylic acids is 2. The molecule has 2 heterocycles. The van der Waals surface area contributed by atoms with E-state index < -0.39 is 17.7 Å². The number of fused-ring (bicyclic) bond motifs is 2. The second-order valence-corrected chi connectivity index (χ2v) is 10.4. The number of β-amino-alcohol motifs (C(OH)–C–C–N with tert-alkyl or cyclic N) is 1. The van der Waals surface area contributed by atoms with Gasteiger partial charge in [-0.15, -0.1) is 11.8 Å². The number of allylic oxidation sites excluding steroid dienone is 1. The molecule has 3 aliphatic rings. The molecule has 1 spiro atoms. The first kappa shape index (κ1) is 23.4. The molecule has 8 heteroatoms. The van der Waals surface area contributed by atoms with Crippen LogP contribution < -0.4 is 4.74 Å². The zero-order chi connectivity index (χ0) is 23.7. The number of carbonyl (C=O) groups is 2. The van der Waals surface area contributed by atoms with Gasteiger partial charge in [0.2, 0.25) is 11.6 Å². The van der Waals surface area contributed by atoms with Gasteiger partial charge in [-0.3, -0.25) is 9.59 Å². The van der Waals surface area contributed by atoms with Crippen molar-refractivity contribution >= 4 is 40.7 Å². The lowest BCUT2D eigenvalue weighted by molar-refractivity contribution is -0.111. The topological polar surface area (TPSA) is 76.1 Å². The number of hydrogen-bond acceptors (Lipinski definition) is 7. The van der Waals surface area contributed by atoms with Crippen LogP contribution in [0.3, 0.4) is 0 Å². The Morgan fingerprint density at radius 1 is 1.06 bits per heavy atom. The van der Waals surface area contributed by atoms with Gasteiger partial charge in [0.05, 0.1) is 12.7 Å². The van der Waals surface area contributed by atoms with Crippen molar-refractivity contribution in [1.82, 2.24) is 4.90 Å². The molecule has 0 bridgehead atoms. The molecule has 2 aromatic rings. The number of hydrogen-bond donors (Lipinski definition) is 1. The highest BCUT2D eigenvalue weighted by Crippen LogP contribution is 2.47. The Bertz CT molecular complexity index is 1120. The van der Waals surface area contributed by atoms with Crippen molar-refractivity contribution in [3.63, 3.8) is 0 Å². The third-order valence-corrected chi connectivity index (χ3v) is 8.18. The lowest BCUT2D eigenvalue weighted by Gasteiger charge is -2.45. The number of nitrogens with zero attached hydrogens (tertiary/aromatic N) is 1. The van der Waals surface area contributed by atoms with Crippen LogP contribution in [0, 0.1) is 0 Å². The third kappa shape index (κ3) is 4.75. The smallest absolute Gasteiger partial charge is 0.243 e. The van der Waals surface area contributed by atoms with Crippen molar-refractivity contribution in [3.05, 3.63) is 69.6 Å². The van der Waals surface area contributed by atoms with Gasteiger partial charge in [-0.25, -0.2) is 0 Å². The van der Waals surface area contributed by atoms with E-state index in [9.17, 15) is 14.7 Å². The minimum atomic E-state index is -0.480. The van der Waals surface area contributed by atoms with Crippen LogP contribution in [0.2, 0.25) is 5.02 Å². The Kier molecular flexibility index (Phi) is 6.71. The summed E-state index contributed by atoms with van der Waals surface area (Å²) in [4.78, 5) is 27.7. The highest BCUT2D eigenvalue weighted by atomic mass is 35.5. The van der Waals surface area contributed by atoms with E-state index in [1.165, 1.54) is 11.8 Å². The summed E-state index contributed by atoms with van der Waals surface area (Å²) in [5, 5.41) is 11.2. The number of ether oxygens (including phenoxy) is 2. The van der Waals surface area contributed by atoms with Crippen molar-refractivity contribution in [2.75, 3.05) is 32.0 Å². The Labute approximate surface area is 207 Å². The van der Waals surface area contributed by atoms with Crippen LogP contribution in [0.5, 0.6) is 5.75 Å². The average Bonchev–Trinajstić information content (AvgIpc) is 2.85. The first-order valence-electron chi connectivity index (χ1n) is 11.5. The number of rotatable bonds is 6. The quantitative estimate of drug-likeness (QED) is 0.597. The molecule has 1 aliphatic carbocycles. The van der Waals surface area contributed by atoms with Gasteiger partial charge in [-0.1, -0.05) is 35.9 Å². The summed E-state index contributed by atoms with van der Waals surface area (Å²) in [5.74, 6) is 1.03. The second-order valence-electron chi connectivity index (χ2n) is 8.98. The fourth-order valence-corrected chi connectivity index (χ4v) is 6.02. The SMILES string of the molecule is O=C1C(=O)c2ccccc2C2=C1SCC1(CCN(CC(O)CCOc3ccc(Cl)cc3)CC1)O2. The molecule has 1 fully saturated rings. The lowest BCUT2D eigenvalue weighted by Crippen LogP contribution is -2.50. The maximum absolute atomic E-state index is 12.6. The highest BCUT2D eigenvalue weighted by Gasteiger charge is 2.45. The van der Waals surface area contributed by atoms with E-state index in [1.54, 1.807) is 24.3 Å². The summed E-state index contributed by atoms with van der Waals surface area (Å²) in [6, 6.07) is 14.4. The Balaban J connectivity index is 1.15. The normalized spacial score (nSPS) is 20.5. The van der Waals surface area contributed by atoms with Crippen LogP contribution in [-0.4, -0.2) is 65.3 Å². The molecule has 6 nitrogen and oxygen atoms in total. The molecule has 1 unspecified atom stereocenters. The third-order valence-electron chi connectivity index (χ3n) is 6.60. The van der Waals surface area contributed by atoms with E-state index >= 15 is 0 Å². The maximum atomic E-state index is 12.6. The van der Waals surface area contributed by atoms with E-state index in [0.717, 1.165) is 31.7 Å². The molecule has 1 N–H and O–H groups in total. The zero-order valence-corrected chi connectivity index (χ0v) is 20.2. The number of ketones is 2. The number of halogens is 1. The molecule has 0 amide bonds. The molecule has 2 aliphatic heterocycles. The minimum absolute atomic E-state index is 0.365. The second kappa shape index (κ2) is 9.74. The number of aliphatic hydroxyl groups is 1. The van der Waals surface area contributed by atoms with Crippen molar-refractivity contribution in [1.29, 1.82) is 0 Å². The molecule has 178 valence electrons. The average molecular weight is 500 g/mol. The van der Waals surface area contributed by atoms with Crippen molar-refractivity contribution in [2.24, 2.45) is 0 Å². The van der Waals surface area contributed by atoms with Gasteiger partial charge in [-0.05, 0) is 24.3 Å². The molecule has 2 aromatic carbocycles. The zero-order valence-electron chi connectivity index (χ0n) is 18.7. The van der Waals surface area contributed by atoms with E-state index in [-0.39, 0.29) is 5.60 Å². The van der Waals surface area contributed by atoms with Gasteiger partial charge < -0.3 is 19.5 Å². The number of aliphatic hydroxyl groups excluding tert-OH is 1. The molecule has 34 heavy (non-hydrogen) atoms. The standard InChI is InChI=1S/C26H26ClNO5S/c27-17-5-7-19(8-6-17)32-14-9-18(29)15-28-12-10-26(11-13-28)16-34-25-23(31)22(30)20-3-1-2-4-21(20)24(25)33-26/h1-8,18,29H,9-16H2. The summed E-state index contributed by atoms with van der Waals surface area (Å²) in [6.07, 6.45) is 1.66. The van der Waals surface area contributed by atoms with Crippen LogP contribution in [0.4, 0.5) is 0 Å². The molecule has 5 rings (SSSR count). The van der Waals surface area contributed by atoms with E-state index in [0.29, 0.717) is 52.1 Å². The molecule has 0 saturated carbocycles. The van der Waals surface area contributed by atoms with Crippen molar-refractivity contribution < 1.29 is 24.2 Å². The lowest BCUT2D eigenvalue weighted by atomic mass is 9.90. The fourth-order valence-electron chi connectivity index (χ4n) is 4.63. The largest absolute Gasteiger partial charge is 0.493 e. The summed E-state index contributed by atoms with van der Waals surface area (Å²) in [7, 11) is 0. The van der Waals surface area contributed by atoms with Crippen molar-refractivity contribution in [3.8, 4) is 5.75 Å². The summed E-state index contributed by atoms with van der Waals surface area (Å²) in [6.45, 7) is 2.61. The molecule has 0 radical (unpaired) electrons. The summed E-state index contributed by atoms with van der Waals surface area (Å²) < 4.78 is 12.2. The first-order chi connectivity index (χ1) is 16.4. The number of thioether (sulfide) groups is 1. The molecule has 1 atom stereocenters. The predicted molar refractivity (Wildman–Crippen MR) is 132 cm³/mol. The molecular formula is C26H26ClNO5S. The Morgan fingerprint density at radius 3 is 2.50 bits per heavy atom. The van der Waals surface area contributed by atoms with Crippen molar-refractivity contribution in [2.45, 2.75) is 31.0 Å². The van der Waals surface area contributed by atoms with E-state index in [2.05, 4.69) is 4.90 Å². The highest BCUT2D eigenvalue weighted by molar-refractivity contribution is 8.04. The summed E-state index contributed by atoms with van der Waals surface area (Å²) >= 11 is 7.33. The van der Waals surface area contributed by atoms with Crippen LogP contribution >= 0.6 is 23.4 Å². The minimum Gasteiger partial charge on any atom is -0.493 e. The molecule has 1 saturated heterocycles. The van der Waals surface area contributed by atoms with Crippen LogP contribution in [0.25, 0.3) is 5.76 Å². The first-order valence-corrected chi connectivity index (χ1v) is 12.8. The van der Waals surface area contributed by atoms with Gasteiger partial charge in [0, 0.05) is 60.8 Å². The van der Waals surface area contributed by atoms with Gasteiger partial charge >= 0.3 is 0 Å². The summed E-state index contributed by atoms with van der Waals surface area (Å²) in [5.41, 5.74) is 0.772. The van der Waals surface area contributed by atoms with Gasteiger partial charge in [0.25, 0.3) is 0 Å². The number of benzene rings is 2. The van der Waals surface area contributed by atoms with Crippen LogP contribution in [0.1, 0.15) is 35.2 Å². The molecular weight excluding hydrogens is 474 g/mol. The molecule has 0 aromatic heterocycles. The van der Waals surface area contributed by atoms with Gasteiger partial charge in [0.15, 0.2) is 0 Å².